The summed E-state index contributed by atoms with van der Waals surface area (Å²) in [5.74, 6) is 4.94. The SMILES string of the molecule is CCCCOc1c2c(c(OCCCC)c3c1C(C)c1ccccc1C3c1ccccc1)-c1nc-2nc2[nH]c(nc3nc(nc4[nH]c(n1)c1c(OCCCC)c5c(c(OCCCC)c41)C(C)c1ccccc1C5c1ccccc1)-c1c(OCCCC)c4c(c(OCCCC)c1-3)C1c3ccccc3C4c3ccccc31)c1c(OCCCC)c3c(c(OCCCC)c21)Cc1ccccc1C3c1ccccc1. The van der Waals surface area contributed by atoms with Crippen LogP contribution >= 0.6 is 0 Å². The Balaban J connectivity index is 1.01. The highest BCUT2D eigenvalue weighted by molar-refractivity contribution is 6.16. The molecule has 0 radical (unpaired) electrons. The standard InChI is InChI=1S/C122H124N8O8/c1-11-19-62-131-107-86-70-76-52-36-37-55-79(76)89(73-46-30-27-31-47-73)94(86)110(134-65-22-14-4)100-99(107)115-123-116(100)125-121-105-106(114(138-69-26-18-8)98-93-84-60-44-42-58-82(84)92(83-59-43-45-61-85(83)93)97(98)113(105)137-68-25-17-7)122(130-121)128-118-102-104(112(136-67-24-16-6)96-88(109(102)133-64-21-13-3)72(10)78-54-39-41-57-81(78)91(96)75-50-34-29-35-51-75)120(127-118)129-119-103-101(117(124-115)126-119)108(132-63-20-12-2)87-71(9)77-53-38-40-56-80(77)90(74-48-32-28-33-49-74)95(87)111(103)135-66-23-15-5/h27-61,71-72,89-93H,11-26,62-70H2,1-10H3,(H2,123,124,125,126,127,128,129,130). The lowest BCUT2D eigenvalue weighted by atomic mass is 9.60. The predicted molar refractivity (Wildman–Crippen MR) is 553 cm³/mol. The fourth-order valence-corrected chi connectivity index (χ4v) is 23.3. The van der Waals surface area contributed by atoms with Gasteiger partial charge in [0, 0.05) is 92.4 Å². The molecule has 0 amide bonds. The van der Waals surface area contributed by atoms with Gasteiger partial charge in [0.15, 0.2) is 23.3 Å². The molecule has 0 saturated heterocycles. The highest BCUT2D eigenvalue weighted by Crippen LogP contribution is 2.67. The van der Waals surface area contributed by atoms with Crippen molar-refractivity contribution in [3.05, 3.63) is 329 Å². The monoisotopic (exact) mass is 1830 g/mol. The van der Waals surface area contributed by atoms with Crippen molar-refractivity contribution in [2.24, 2.45) is 0 Å². The molecule has 6 aliphatic carbocycles. The molecule has 10 bridgehead atoms. The number of fused-ring (bicyclic) bond motifs is 26. The first-order chi connectivity index (χ1) is 68.1. The third kappa shape index (κ3) is 15.1. The van der Waals surface area contributed by atoms with Crippen LogP contribution in [0.4, 0.5) is 0 Å². The molecular formula is C122H124N8O8. The van der Waals surface area contributed by atoms with E-state index in [2.05, 4.69) is 292 Å². The molecule has 2 aliphatic heterocycles. The average molecular weight is 1830 g/mol. The number of hydrogen-bond acceptors (Lipinski definition) is 14. The number of aromatic amines is 2. The van der Waals surface area contributed by atoms with Crippen LogP contribution in [0.3, 0.4) is 0 Å². The Morgan fingerprint density at radius 1 is 0.232 bits per heavy atom. The third-order valence-corrected chi connectivity index (χ3v) is 29.8. The van der Waals surface area contributed by atoms with Crippen molar-refractivity contribution in [2.75, 3.05) is 52.9 Å². The van der Waals surface area contributed by atoms with Crippen molar-refractivity contribution in [3.8, 4) is 91.5 Å². The largest absolute Gasteiger partial charge is 0.492 e. The van der Waals surface area contributed by atoms with Gasteiger partial charge in [0.1, 0.15) is 68.6 Å². The van der Waals surface area contributed by atoms with Gasteiger partial charge in [-0.15, -0.1) is 0 Å². The fourth-order valence-electron chi connectivity index (χ4n) is 23.3. The molecule has 2 N–H and O–H groups in total. The smallest absolute Gasteiger partial charge is 0.168 e. The van der Waals surface area contributed by atoms with Crippen molar-refractivity contribution < 1.29 is 37.9 Å². The van der Waals surface area contributed by atoms with Gasteiger partial charge in [-0.05, 0) is 124 Å². The Morgan fingerprint density at radius 3 is 0.797 bits per heavy atom. The quantitative estimate of drug-likeness (QED) is 0.0358. The van der Waals surface area contributed by atoms with Crippen molar-refractivity contribution >= 4 is 44.1 Å². The molecule has 0 fully saturated rings. The summed E-state index contributed by atoms with van der Waals surface area (Å²) >= 11 is 0. The maximum Gasteiger partial charge on any atom is 0.168 e. The van der Waals surface area contributed by atoms with E-state index in [4.69, 9.17) is 67.8 Å². The summed E-state index contributed by atoms with van der Waals surface area (Å²) in [7, 11) is 0. The van der Waals surface area contributed by atoms with E-state index in [1.807, 2.05) is 0 Å². The van der Waals surface area contributed by atoms with Gasteiger partial charge in [-0.3, -0.25) is 0 Å². The fraction of sp³-hybridized carbons (Fsp3) is 0.344. The van der Waals surface area contributed by atoms with Crippen LogP contribution < -0.4 is 37.9 Å². The zero-order chi connectivity index (χ0) is 93.8. The van der Waals surface area contributed by atoms with Gasteiger partial charge in [0.05, 0.1) is 96.7 Å². The van der Waals surface area contributed by atoms with Crippen molar-refractivity contribution in [2.45, 2.75) is 220 Å². The van der Waals surface area contributed by atoms with Crippen LogP contribution in [0, 0.1) is 0 Å². The van der Waals surface area contributed by atoms with Crippen LogP contribution in [0.25, 0.3) is 89.7 Å². The van der Waals surface area contributed by atoms with E-state index >= 15 is 0 Å². The number of unbranched alkanes of at least 4 members (excludes halogenated alkanes) is 8. The maximum atomic E-state index is 7.94. The number of nitrogens with one attached hydrogen (secondary N) is 2. The lowest BCUT2D eigenvalue weighted by Gasteiger charge is -2.44. The van der Waals surface area contributed by atoms with Crippen LogP contribution in [-0.4, -0.2) is 92.7 Å². The second kappa shape index (κ2) is 38.8. The van der Waals surface area contributed by atoms with Gasteiger partial charge >= 0.3 is 0 Å². The molecule has 16 heteroatoms. The van der Waals surface area contributed by atoms with Gasteiger partial charge in [-0.25, -0.2) is 29.9 Å². The van der Waals surface area contributed by atoms with Gasteiger partial charge < -0.3 is 47.9 Å². The highest BCUT2D eigenvalue weighted by Gasteiger charge is 2.51. The van der Waals surface area contributed by atoms with Crippen molar-refractivity contribution in [1.29, 1.82) is 0 Å². The van der Waals surface area contributed by atoms with Crippen LogP contribution in [0.1, 0.15) is 330 Å². The van der Waals surface area contributed by atoms with Crippen LogP contribution in [0.15, 0.2) is 212 Å². The molecular weight excluding hydrogens is 1710 g/mol. The molecule has 16 nitrogen and oxygen atoms in total. The van der Waals surface area contributed by atoms with Gasteiger partial charge in [0.2, 0.25) is 0 Å². The van der Waals surface area contributed by atoms with E-state index in [9.17, 15) is 0 Å². The first-order valence-corrected chi connectivity index (χ1v) is 51.5. The van der Waals surface area contributed by atoms with Crippen molar-refractivity contribution in [1.82, 2.24) is 39.9 Å². The average Bonchev–Trinajstić information content (AvgIpc) is 1.23. The van der Waals surface area contributed by atoms with E-state index in [1.165, 1.54) is 55.6 Å². The molecule has 12 aromatic carbocycles. The summed E-state index contributed by atoms with van der Waals surface area (Å²) in [5.41, 5.74) is 28.1. The number of rotatable bonds is 35. The predicted octanol–water partition coefficient (Wildman–Crippen LogP) is 29.7. The first kappa shape index (κ1) is 89.6. The zero-order valence-corrected chi connectivity index (χ0v) is 81.4. The summed E-state index contributed by atoms with van der Waals surface area (Å²) in [6.07, 6.45) is 13.8. The molecule has 3 aromatic heterocycles. The van der Waals surface area contributed by atoms with E-state index in [1.54, 1.807) is 0 Å². The van der Waals surface area contributed by atoms with Crippen LogP contribution in [0.5, 0.6) is 46.0 Å². The number of aromatic nitrogens is 8. The molecule has 8 aliphatic rings. The number of ether oxygens (including phenoxy) is 8. The molecule has 700 valence electrons. The molecule has 15 aromatic rings. The normalized spacial score (nSPS) is 16.8. The third-order valence-electron chi connectivity index (χ3n) is 29.8. The number of H-pyrrole nitrogens is 2. The Hall–Kier alpha value is -13.6. The second-order valence-corrected chi connectivity index (χ2v) is 38.5. The van der Waals surface area contributed by atoms with E-state index in [0.29, 0.717) is 195 Å². The number of nitrogens with zero attached hydrogens (tertiary/aromatic N) is 6. The lowest BCUT2D eigenvalue weighted by Crippen LogP contribution is -2.29. The van der Waals surface area contributed by atoms with Gasteiger partial charge in [-0.2, -0.15) is 0 Å². The van der Waals surface area contributed by atoms with E-state index in [-0.39, 0.29) is 41.4 Å². The number of benzene rings is 12. The molecule has 0 spiro atoms. The zero-order valence-electron chi connectivity index (χ0n) is 81.4. The van der Waals surface area contributed by atoms with E-state index < -0.39 is 0 Å². The Labute approximate surface area is 810 Å². The summed E-state index contributed by atoms with van der Waals surface area (Å²) in [5, 5.41) is 2.77. The molecule has 5 atom stereocenters. The molecule has 138 heavy (non-hydrogen) atoms. The first-order valence-electron chi connectivity index (χ1n) is 51.5. The summed E-state index contributed by atoms with van der Waals surface area (Å²) in [6.45, 7) is 25.7. The summed E-state index contributed by atoms with van der Waals surface area (Å²) in [4.78, 5) is 46.4. The van der Waals surface area contributed by atoms with Gasteiger partial charge in [-0.1, -0.05) is 333 Å². The molecule has 5 unspecified atom stereocenters. The van der Waals surface area contributed by atoms with Gasteiger partial charge in [0.25, 0.3) is 0 Å². The Morgan fingerprint density at radius 2 is 0.464 bits per heavy atom. The molecule has 5 heterocycles. The summed E-state index contributed by atoms with van der Waals surface area (Å²) in [6, 6.07) is 77.9. The Bertz CT molecular complexity index is 7300. The molecule has 0 saturated carbocycles. The topological polar surface area (TPSA) is 183 Å². The maximum absolute atomic E-state index is 7.94. The number of hydrogen-bond donors (Lipinski definition) is 2. The van der Waals surface area contributed by atoms with Crippen LogP contribution in [0.2, 0.25) is 0 Å². The minimum atomic E-state index is -0.339. The molecule has 23 rings (SSSR count). The summed E-state index contributed by atoms with van der Waals surface area (Å²) < 4.78 is 63.1. The Kier molecular flexibility index (Phi) is 25.2. The van der Waals surface area contributed by atoms with Crippen LogP contribution in [-0.2, 0) is 6.42 Å². The highest BCUT2D eigenvalue weighted by atomic mass is 16.5. The minimum Gasteiger partial charge on any atom is -0.492 e. The second-order valence-electron chi connectivity index (χ2n) is 38.5. The van der Waals surface area contributed by atoms with E-state index in [0.717, 1.165) is 164 Å². The van der Waals surface area contributed by atoms with Crippen molar-refractivity contribution in [3.63, 3.8) is 0 Å². The lowest BCUT2D eigenvalue weighted by molar-refractivity contribution is 0.295. The minimum absolute atomic E-state index is 0.222.